The van der Waals surface area contributed by atoms with Crippen LogP contribution in [0.1, 0.15) is 0 Å². The van der Waals surface area contributed by atoms with Gasteiger partial charge in [-0.1, -0.05) is 0 Å². The van der Waals surface area contributed by atoms with Crippen LogP contribution in [0.5, 0.6) is 0 Å². The van der Waals surface area contributed by atoms with Crippen molar-refractivity contribution in [3.8, 4) is 0 Å². The second-order valence-electron chi connectivity index (χ2n) is 14.0. The van der Waals surface area contributed by atoms with Gasteiger partial charge in [-0.25, -0.2) is 0 Å². The molecule has 6 rings (SSSR count). The molecule has 0 spiro atoms. The van der Waals surface area contributed by atoms with Gasteiger partial charge in [0.25, 0.3) is 0 Å². The Labute approximate surface area is 311 Å². The normalized spacial score (nSPS) is 52.9. The van der Waals surface area contributed by atoms with Crippen molar-refractivity contribution in [3.63, 3.8) is 0 Å². The van der Waals surface area contributed by atoms with Crippen LogP contribution in [0.2, 0.25) is 0 Å². The summed E-state index contributed by atoms with van der Waals surface area (Å²) in [7, 11) is 0. The predicted octanol–water partition coefficient (Wildman–Crippen LogP) is -10.3. The number of hydrogen-bond donors (Lipinski definition) is 14. The van der Waals surface area contributed by atoms with Gasteiger partial charge < -0.3 is 124 Å². The number of aliphatic hydroxyl groups excluding tert-OH is 14. The van der Waals surface area contributed by atoms with Gasteiger partial charge in [-0.05, 0) is 0 Å². The topological polar surface area (TPSA) is 385 Å². The van der Waals surface area contributed by atoms with E-state index >= 15 is 0 Å². The van der Waals surface area contributed by atoms with Crippen LogP contribution in [0.3, 0.4) is 0 Å². The van der Waals surface area contributed by atoms with E-state index in [0.29, 0.717) is 0 Å². The molecule has 0 aliphatic carbocycles. The van der Waals surface area contributed by atoms with Gasteiger partial charge in [0.15, 0.2) is 37.7 Å². The third-order valence-corrected chi connectivity index (χ3v) is 10.2. The first-order valence-electron chi connectivity index (χ1n) is 17.6. The molecular weight excluding hydrogens is 760 g/mol. The van der Waals surface area contributed by atoms with Gasteiger partial charge in [0, 0.05) is 0 Å². The van der Waals surface area contributed by atoms with E-state index in [1.165, 1.54) is 0 Å². The highest BCUT2D eigenvalue weighted by Gasteiger charge is 2.51. The van der Waals surface area contributed by atoms with Gasteiger partial charge in [-0.2, -0.15) is 0 Å². The number of aliphatic hydroxyl groups is 14. The van der Waals surface area contributed by atoms with Crippen LogP contribution in [0, 0.1) is 0 Å². The molecule has 14 N–H and O–H groups in total. The van der Waals surface area contributed by atoms with E-state index in [4.69, 9.17) is 52.1 Å². The van der Waals surface area contributed by atoms with Crippen LogP contribution in [-0.4, -0.2) is 259 Å². The lowest BCUT2D eigenvalue weighted by Gasteiger charge is -2.21. The average Bonchev–Trinajstić information content (AvgIpc) is 3.93. The van der Waals surface area contributed by atoms with Crippen molar-refractivity contribution in [2.24, 2.45) is 0 Å². The Morgan fingerprint density at radius 2 is 0.491 bits per heavy atom. The van der Waals surface area contributed by atoms with Gasteiger partial charge in [0.2, 0.25) is 0 Å². The predicted molar refractivity (Wildman–Crippen MR) is 163 cm³/mol. The molecule has 0 aromatic rings. The lowest BCUT2D eigenvalue weighted by atomic mass is 10.1. The summed E-state index contributed by atoms with van der Waals surface area (Å²) in [4.78, 5) is 0. The molecule has 0 aromatic carbocycles. The minimum atomic E-state index is -1.64. The summed E-state index contributed by atoms with van der Waals surface area (Å²) in [6, 6.07) is 0. The van der Waals surface area contributed by atoms with Crippen LogP contribution in [0.4, 0.5) is 0 Å². The highest BCUT2D eigenvalue weighted by Crippen LogP contribution is 2.31. The van der Waals surface area contributed by atoms with Crippen molar-refractivity contribution < 1.29 is 124 Å². The van der Waals surface area contributed by atoms with Crippen LogP contribution >= 0.6 is 0 Å². The molecule has 6 saturated heterocycles. The van der Waals surface area contributed by atoms with Crippen LogP contribution in [0.15, 0.2) is 0 Å². The van der Waals surface area contributed by atoms with Crippen LogP contribution in [-0.2, 0) is 52.1 Å². The van der Waals surface area contributed by atoms with E-state index in [2.05, 4.69) is 0 Å². The van der Waals surface area contributed by atoms with E-state index in [9.17, 15) is 71.5 Å². The molecule has 24 atom stereocenters. The minimum absolute atomic E-state index is 0.421. The lowest BCUT2D eigenvalue weighted by Crippen LogP contribution is -2.39. The molecule has 6 heterocycles. The zero-order valence-corrected chi connectivity index (χ0v) is 28.9. The largest absolute Gasteiger partial charge is 0.394 e. The van der Waals surface area contributed by atoms with Gasteiger partial charge in [-0.3, -0.25) is 0 Å². The first-order valence-corrected chi connectivity index (χ1v) is 17.6. The fourth-order valence-corrected chi connectivity index (χ4v) is 6.78. The van der Waals surface area contributed by atoms with Gasteiger partial charge in [0.1, 0.15) is 110 Å². The molecular formula is C30H50O25. The maximum absolute atomic E-state index is 10.5. The summed E-state index contributed by atoms with van der Waals surface area (Å²) in [5, 5.41) is 142. The molecule has 320 valence electrons. The molecule has 0 bridgehead atoms. The Morgan fingerprint density at radius 1 is 0.273 bits per heavy atom. The maximum Gasteiger partial charge on any atom is 0.186 e. The molecule has 25 heteroatoms. The molecule has 6 aliphatic heterocycles. The summed E-state index contributed by atoms with van der Waals surface area (Å²) < 4.78 is 59.3. The van der Waals surface area contributed by atoms with E-state index < -0.39 is 187 Å². The highest BCUT2D eigenvalue weighted by atomic mass is 16.8. The van der Waals surface area contributed by atoms with Crippen molar-refractivity contribution >= 4 is 0 Å². The van der Waals surface area contributed by atoms with Crippen LogP contribution < -0.4 is 0 Å². The number of rotatable bonds is 16. The monoisotopic (exact) mass is 810 g/mol. The standard InChI is InChI=1S/C30H50O25/c31-1-7-13(32)20(39)26(51-7)46-3-9-15(34)22(41)28(53-9)48-5-11-17(36)24(43)30(55-11)49-6-12-18(37)23(42)29(54-12)47-4-10-16(35)21(40)27(52-10)45-2-8-14(33)19(38)25(44)50-8/h7-44H,1-6H2/t7-,8-,9-,10-,11-,12-,13-,14-,15-,16-,17-,18-,19+,20+,21+,22+,23+,24+,25?,26+,27+,28+,29+,30+/m0/s1. The van der Waals surface area contributed by atoms with Gasteiger partial charge in [0.05, 0.1) is 39.6 Å². The Kier molecular flexibility index (Phi) is 14.7. The van der Waals surface area contributed by atoms with Crippen molar-refractivity contribution in [1.82, 2.24) is 0 Å². The second-order valence-corrected chi connectivity index (χ2v) is 14.0. The van der Waals surface area contributed by atoms with Gasteiger partial charge in [-0.15, -0.1) is 0 Å². The lowest BCUT2D eigenvalue weighted by molar-refractivity contribution is -0.229. The molecule has 6 aliphatic rings. The SMILES string of the molecule is OC[C@@H]1O[C@@H](OC[C@@H]2O[C@@H](OC[C@@H]3O[C@@H](OC[C@@H]4O[C@@H](OC[C@@H]5O[C@@H](OC[C@@H]6OC(O)[C@H](O)[C@H]6O)[C@H](O)[C@H]5O)[C@H](O)[C@H]4O)[C@H](O)[C@H]3O)[C@H](O)[C@H]2O)[C@H](O)[C@H]1O. The summed E-state index contributed by atoms with van der Waals surface area (Å²) in [6.07, 6.45) is -34.6. The Balaban J connectivity index is 0.904. The van der Waals surface area contributed by atoms with Crippen molar-refractivity contribution in [3.05, 3.63) is 0 Å². The smallest absolute Gasteiger partial charge is 0.186 e. The number of ether oxygens (including phenoxy) is 11. The zero-order chi connectivity index (χ0) is 39.9. The summed E-state index contributed by atoms with van der Waals surface area (Å²) in [5.74, 6) is 0. The van der Waals surface area contributed by atoms with Crippen molar-refractivity contribution in [1.29, 1.82) is 0 Å². The first-order chi connectivity index (χ1) is 26.1. The molecule has 25 nitrogen and oxygen atoms in total. The molecule has 0 amide bonds. The average molecular weight is 811 g/mol. The van der Waals surface area contributed by atoms with E-state index in [0.717, 1.165) is 0 Å². The molecule has 0 aromatic heterocycles. The van der Waals surface area contributed by atoms with Crippen molar-refractivity contribution in [2.75, 3.05) is 39.6 Å². The van der Waals surface area contributed by atoms with Gasteiger partial charge >= 0.3 is 0 Å². The third kappa shape index (κ3) is 9.26. The van der Waals surface area contributed by atoms with E-state index in [1.54, 1.807) is 0 Å². The summed E-state index contributed by atoms with van der Waals surface area (Å²) in [5.41, 5.74) is 0. The van der Waals surface area contributed by atoms with E-state index in [-0.39, 0.29) is 0 Å². The fourth-order valence-electron chi connectivity index (χ4n) is 6.78. The second kappa shape index (κ2) is 18.5. The first kappa shape index (κ1) is 43.6. The zero-order valence-electron chi connectivity index (χ0n) is 28.9. The van der Waals surface area contributed by atoms with Crippen molar-refractivity contribution in [2.45, 2.75) is 148 Å². The Morgan fingerprint density at radius 3 is 0.709 bits per heavy atom. The fraction of sp³-hybridized carbons (Fsp3) is 1.00. The minimum Gasteiger partial charge on any atom is -0.394 e. The molecule has 55 heavy (non-hydrogen) atoms. The van der Waals surface area contributed by atoms with E-state index in [1.807, 2.05) is 0 Å². The summed E-state index contributed by atoms with van der Waals surface area (Å²) in [6.45, 7) is -2.88. The highest BCUT2D eigenvalue weighted by molar-refractivity contribution is 4.93. The third-order valence-electron chi connectivity index (χ3n) is 10.2. The Hall–Kier alpha value is -1.00. The van der Waals surface area contributed by atoms with Crippen LogP contribution in [0.25, 0.3) is 0 Å². The molecule has 0 saturated carbocycles. The quantitative estimate of drug-likeness (QED) is 0.0688. The Bertz CT molecular complexity index is 1210. The molecule has 6 fully saturated rings. The molecule has 1 unspecified atom stereocenters. The summed E-state index contributed by atoms with van der Waals surface area (Å²) >= 11 is 0. The maximum atomic E-state index is 10.5. The molecule has 0 radical (unpaired) electrons. The number of hydrogen-bond acceptors (Lipinski definition) is 25.